The smallest absolute Gasteiger partial charge is 0.159 e. The number of hydrogen-bond donors (Lipinski definition) is 0. The van der Waals surface area contributed by atoms with Gasteiger partial charge in [0.05, 0.1) is 28.4 Å². The van der Waals surface area contributed by atoms with Gasteiger partial charge in [0.15, 0.2) is 11.2 Å². The van der Waals surface area contributed by atoms with Gasteiger partial charge in [-0.2, -0.15) is 0 Å². The molecule has 0 saturated heterocycles. The summed E-state index contributed by atoms with van der Waals surface area (Å²) >= 11 is 0. The molecule has 1 fully saturated rings. The number of rotatable bonds is 7. The van der Waals surface area contributed by atoms with Crippen LogP contribution < -0.4 is 9.80 Å². The number of benzene rings is 10. The molecule has 0 aliphatic heterocycles. The lowest BCUT2D eigenvalue weighted by molar-refractivity contribution is 0.444. The van der Waals surface area contributed by atoms with E-state index in [1.54, 1.807) is 0 Å². The molecule has 10 aromatic carbocycles. The highest BCUT2D eigenvalue weighted by Gasteiger charge is 2.30. The van der Waals surface area contributed by atoms with Gasteiger partial charge in [-0.3, -0.25) is 0 Å². The Morgan fingerprint density at radius 3 is 1.56 bits per heavy atom. The Hall–Kier alpha value is -7.56. The van der Waals surface area contributed by atoms with E-state index < -0.39 is 0 Å². The van der Waals surface area contributed by atoms with Crippen molar-refractivity contribution in [2.45, 2.75) is 65.7 Å². The number of anilines is 6. The number of fused-ring (bicyclic) bond motifs is 6. The molecular weight excluding hydrogens is 805 g/mol. The fraction of sp³-hybridized carbons (Fsp3) is 0.161. The highest BCUT2D eigenvalue weighted by molar-refractivity contribution is 6.30. The average Bonchev–Trinajstić information content (AvgIpc) is 3.93. The maximum atomic E-state index is 6.94. The Morgan fingerprint density at radius 1 is 0.394 bits per heavy atom. The normalized spacial score (nSPS) is 13.7. The largest absolute Gasteiger partial charge is 0.454 e. The van der Waals surface area contributed by atoms with Gasteiger partial charge in [-0.15, -0.1) is 0 Å². The Labute approximate surface area is 384 Å². The van der Waals surface area contributed by atoms with E-state index in [2.05, 4.69) is 201 Å². The molecular formula is C62H50N2O2. The van der Waals surface area contributed by atoms with Gasteiger partial charge >= 0.3 is 0 Å². The molecule has 0 N–H and O–H groups in total. The lowest BCUT2D eigenvalue weighted by Crippen LogP contribution is -2.17. The number of aryl methyl sites for hydroxylation is 4. The first kappa shape index (κ1) is 38.9. The number of furan rings is 2. The van der Waals surface area contributed by atoms with E-state index in [0.717, 1.165) is 78.0 Å². The van der Waals surface area contributed by atoms with Crippen molar-refractivity contribution in [1.82, 2.24) is 0 Å². The topological polar surface area (TPSA) is 32.8 Å². The maximum Gasteiger partial charge on any atom is 0.159 e. The van der Waals surface area contributed by atoms with Crippen molar-refractivity contribution in [2.24, 2.45) is 0 Å². The average molecular weight is 855 g/mol. The molecule has 1 aliphatic rings. The summed E-state index contributed by atoms with van der Waals surface area (Å²) in [5, 5.41) is 12.0. The molecule has 66 heavy (non-hydrogen) atoms. The van der Waals surface area contributed by atoms with Gasteiger partial charge in [-0.25, -0.2) is 0 Å². The lowest BCUT2D eigenvalue weighted by Gasteiger charge is -2.34. The van der Waals surface area contributed by atoms with E-state index in [0.29, 0.717) is 5.92 Å². The van der Waals surface area contributed by atoms with Gasteiger partial charge < -0.3 is 18.6 Å². The van der Waals surface area contributed by atoms with Crippen LogP contribution in [0.3, 0.4) is 0 Å². The van der Waals surface area contributed by atoms with E-state index >= 15 is 0 Å². The van der Waals surface area contributed by atoms with Crippen molar-refractivity contribution in [3.05, 3.63) is 192 Å². The minimum atomic E-state index is 0.597. The van der Waals surface area contributed by atoms with Gasteiger partial charge in [-0.05, 0) is 127 Å². The molecule has 1 saturated carbocycles. The molecule has 0 atom stereocenters. The summed E-state index contributed by atoms with van der Waals surface area (Å²) in [6.07, 6.45) is 6.48. The third kappa shape index (κ3) is 5.90. The molecule has 4 heteroatoms. The summed E-state index contributed by atoms with van der Waals surface area (Å²) in [6.45, 7) is 8.90. The summed E-state index contributed by atoms with van der Waals surface area (Å²) in [5.41, 5.74) is 16.1. The second kappa shape index (κ2) is 15.0. The predicted molar refractivity (Wildman–Crippen MR) is 279 cm³/mol. The van der Waals surface area contributed by atoms with Crippen LogP contribution >= 0.6 is 0 Å². The molecule has 12 aromatic rings. The van der Waals surface area contributed by atoms with Crippen molar-refractivity contribution in [3.63, 3.8) is 0 Å². The molecule has 0 radical (unpaired) electrons. The molecule has 0 amide bonds. The first-order chi connectivity index (χ1) is 32.4. The van der Waals surface area contributed by atoms with Crippen molar-refractivity contribution in [1.29, 1.82) is 0 Å². The molecule has 0 unspecified atom stereocenters. The fourth-order valence-electron chi connectivity index (χ4n) is 11.6. The second-order valence-corrected chi connectivity index (χ2v) is 18.9. The SMILES string of the molecule is Cc1ccc(C)c(N(c2cc(N(c3c(C)cccc3C)c3cccc4c3oc3ccccc34)c3ccc4cc(C5CCCCC5)cc5ccc2c3c54)c2cccc3c2oc2ccccc23)c1. The lowest BCUT2D eigenvalue weighted by atomic mass is 9.82. The highest BCUT2D eigenvalue weighted by atomic mass is 16.3. The number of nitrogens with zero attached hydrogens (tertiary/aromatic N) is 2. The van der Waals surface area contributed by atoms with Crippen LogP contribution in [0.15, 0.2) is 173 Å². The fourth-order valence-corrected chi connectivity index (χ4v) is 11.6. The van der Waals surface area contributed by atoms with Crippen molar-refractivity contribution < 1.29 is 8.83 Å². The molecule has 1 aliphatic carbocycles. The monoisotopic (exact) mass is 854 g/mol. The summed E-state index contributed by atoms with van der Waals surface area (Å²) in [4.78, 5) is 4.99. The highest BCUT2D eigenvalue weighted by Crippen LogP contribution is 2.54. The summed E-state index contributed by atoms with van der Waals surface area (Å²) < 4.78 is 13.9. The van der Waals surface area contributed by atoms with E-state index in [1.165, 1.54) is 92.2 Å². The van der Waals surface area contributed by atoms with E-state index in [1.807, 2.05) is 0 Å². The summed E-state index contributed by atoms with van der Waals surface area (Å²) in [5.74, 6) is 0.597. The first-order valence-corrected chi connectivity index (χ1v) is 23.7. The minimum absolute atomic E-state index is 0.597. The molecule has 2 aromatic heterocycles. The van der Waals surface area contributed by atoms with Crippen LogP contribution in [0.2, 0.25) is 0 Å². The molecule has 0 bridgehead atoms. The molecule has 0 spiro atoms. The zero-order valence-corrected chi connectivity index (χ0v) is 37.9. The van der Waals surface area contributed by atoms with Crippen LogP contribution in [-0.4, -0.2) is 0 Å². The molecule has 13 rings (SSSR count). The third-order valence-corrected chi connectivity index (χ3v) is 14.8. The van der Waals surface area contributed by atoms with Crippen LogP contribution in [0.1, 0.15) is 65.8 Å². The van der Waals surface area contributed by atoms with E-state index in [-0.39, 0.29) is 0 Å². The third-order valence-electron chi connectivity index (χ3n) is 14.8. The van der Waals surface area contributed by atoms with Gasteiger partial charge in [0.25, 0.3) is 0 Å². The van der Waals surface area contributed by atoms with E-state index in [9.17, 15) is 0 Å². The zero-order valence-electron chi connectivity index (χ0n) is 37.9. The Morgan fingerprint density at radius 2 is 0.939 bits per heavy atom. The number of para-hydroxylation sites is 5. The Balaban J connectivity index is 1.20. The Kier molecular flexibility index (Phi) is 8.83. The van der Waals surface area contributed by atoms with Crippen LogP contribution in [0.5, 0.6) is 0 Å². The maximum absolute atomic E-state index is 6.94. The van der Waals surface area contributed by atoms with Crippen molar-refractivity contribution in [2.75, 3.05) is 9.80 Å². The van der Waals surface area contributed by atoms with Crippen LogP contribution in [-0.2, 0) is 0 Å². The second-order valence-electron chi connectivity index (χ2n) is 18.9. The van der Waals surface area contributed by atoms with E-state index in [4.69, 9.17) is 8.83 Å². The van der Waals surface area contributed by atoms with Gasteiger partial charge in [-0.1, -0.05) is 147 Å². The number of hydrogen-bond acceptors (Lipinski definition) is 4. The first-order valence-electron chi connectivity index (χ1n) is 23.7. The standard InChI is InChI=1S/C62H50N2O2/c1-37-27-28-38(2)53(33-37)63(51-23-13-21-47-45-19-8-10-25-56(45)65-61(47)51)54-36-55(50-32-30-43-35-44(41-17-6-5-7-18-41)34-42-29-31-49(54)59(50)58(42)43)64(60-39(3)15-12-16-40(60)4)52-24-14-22-48-46-20-9-11-26-57(46)66-62(48)52/h8-16,19-36,41H,5-7,17-18H2,1-4H3. The molecule has 2 heterocycles. The molecule has 4 nitrogen and oxygen atoms in total. The summed E-state index contributed by atoms with van der Waals surface area (Å²) in [7, 11) is 0. The quantitative estimate of drug-likeness (QED) is 0.150. The minimum Gasteiger partial charge on any atom is -0.454 e. The predicted octanol–water partition coefficient (Wildman–Crippen LogP) is 18.6. The van der Waals surface area contributed by atoms with Crippen LogP contribution in [0.4, 0.5) is 34.1 Å². The van der Waals surface area contributed by atoms with Gasteiger partial charge in [0, 0.05) is 43.4 Å². The summed E-state index contributed by atoms with van der Waals surface area (Å²) in [6, 6.07) is 60.6. The van der Waals surface area contributed by atoms with Crippen LogP contribution in [0, 0.1) is 27.7 Å². The zero-order chi connectivity index (χ0) is 44.2. The molecule has 320 valence electrons. The van der Waals surface area contributed by atoms with Crippen molar-refractivity contribution in [3.8, 4) is 0 Å². The van der Waals surface area contributed by atoms with Crippen LogP contribution in [0.25, 0.3) is 76.2 Å². The Bertz CT molecular complexity index is 3840. The van der Waals surface area contributed by atoms with Gasteiger partial charge in [0.1, 0.15) is 11.2 Å². The van der Waals surface area contributed by atoms with Crippen molar-refractivity contribution >= 4 is 110 Å². The van der Waals surface area contributed by atoms with Gasteiger partial charge in [0.2, 0.25) is 0 Å².